The van der Waals surface area contributed by atoms with Crippen molar-refractivity contribution in [2.45, 2.75) is 6.92 Å². The first-order chi connectivity index (χ1) is 11.8. The van der Waals surface area contributed by atoms with Crippen molar-refractivity contribution >= 4 is 28.0 Å². The van der Waals surface area contributed by atoms with Crippen molar-refractivity contribution in [1.82, 2.24) is 15.0 Å². The van der Waals surface area contributed by atoms with Gasteiger partial charge in [-0.1, -0.05) is 30.3 Å². The third kappa shape index (κ3) is 2.37. The quantitative estimate of drug-likeness (QED) is 0.601. The Balaban J connectivity index is 1.94. The fraction of sp³-hybridized carbons (Fsp3) is 0.167. The van der Waals surface area contributed by atoms with Gasteiger partial charge in [0.25, 0.3) is 0 Å². The molecule has 24 heavy (non-hydrogen) atoms. The SMILES string of the molecule is Cc1cc(-c2ccccc2)nc2oc3c(NCCO)ncnc3c12. The van der Waals surface area contributed by atoms with Gasteiger partial charge in [0.05, 0.1) is 17.7 Å². The van der Waals surface area contributed by atoms with Crippen LogP contribution in [0, 0.1) is 6.92 Å². The first kappa shape index (κ1) is 14.6. The van der Waals surface area contributed by atoms with Gasteiger partial charge < -0.3 is 14.8 Å². The van der Waals surface area contributed by atoms with E-state index >= 15 is 0 Å². The average molecular weight is 320 g/mol. The van der Waals surface area contributed by atoms with E-state index < -0.39 is 0 Å². The number of pyridine rings is 1. The largest absolute Gasteiger partial charge is 0.432 e. The van der Waals surface area contributed by atoms with Gasteiger partial charge in [-0.15, -0.1) is 0 Å². The van der Waals surface area contributed by atoms with Gasteiger partial charge in [-0.2, -0.15) is 0 Å². The number of fused-ring (bicyclic) bond motifs is 3. The Hall–Kier alpha value is -2.99. The van der Waals surface area contributed by atoms with Crippen molar-refractivity contribution in [3.05, 3.63) is 48.3 Å². The number of nitrogens with one attached hydrogen (secondary N) is 1. The Morgan fingerprint density at radius 1 is 1.17 bits per heavy atom. The summed E-state index contributed by atoms with van der Waals surface area (Å²) in [6.45, 7) is 2.43. The van der Waals surface area contributed by atoms with E-state index in [4.69, 9.17) is 9.52 Å². The highest BCUT2D eigenvalue weighted by molar-refractivity contribution is 6.06. The summed E-state index contributed by atoms with van der Waals surface area (Å²) < 4.78 is 5.94. The lowest BCUT2D eigenvalue weighted by atomic mass is 10.1. The molecule has 0 aliphatic heterocycles. The van der Waals surface area contributed by atoms with Gasteiger partial charge in [0.1, 0.15) is 11.8 Å². The van der Waals surface area contributed by atoms with Gasteiger partial charge in [0, 0.05) is 12.1 Å². The van der Waals surface area contributed by atoms with Crippen molar-refractivity contribution in [3.63, 3.8) is 0 Å². The third-order valence-corrected chi connectivity index (χ3v) is 3.90. The van der Waals surface area contributed by atoms with Crippen LogP contribution in [0.2, 0.25) is 0 Å². The van der Waals surface area contributed by atoms with Crippen LogP contribution in [0.15, 0.2) is 47.1 Å². The molecule has 0 spiro atoms. The Kier molecular flexibility index (Phi) is 3.59. The Labute approximate surface area is 138 Å². The molecule has 6 heteroatoms. The van der Waals surface area contributed by atoms with Gasteiger partial charge in [-0.05, 0) is 18.6 Å². The third-order valence-electron chi connectivity index (χ3n) is 3.90. The van der Waals surface area contributed by atoms with Crippen LogP contribution in [0.5, 0.6) is 0 Å². The minimum absolute atomic E-state index is 0.0150. The molecular weight excluding hydrogens is 304 g/mol. The monoisotopic (exact) mass is 320 g/mol. The van der Waals surface area contributed by atoms with E-state index in [1.54, 1.807) is 0 Å². The smallest absolute Gasteiger partial charge is 0.230 e. The molecule has 0 saturated heterocycles. The van der Waals surface area contributed by atoms with Crippen molar-refractivity contribution in [3.8, 4) is 11.3 Å². The second-order valence-electron chi connectivity index (χ2n) is 5.52. The number of nitrogens with zero attached hydrogens (tertiary/aromatic N) is 3. The topological polar surface area (TPSA) is 84.1 Å². The number of hydrogen-bond acceptors (Lipinski definition) is 6. The molecule has 0 saturated carbocycles. The summed E-state index contributed by atoms with van der Waals surface area (Å²) in [6.07, 6.45) is 1.49. The van der Waals surface area contributed by atoms with E-state index in [1.165, 1.54) is 6.33 Å². The van der Waals surface area contributed by atoms with Crippen LogP contribution in [0.25, 0.3) is 33.5 Å². The molecule has 0 atom stereocenters. The lowest BCUT2D eigenvalue weighted by Gasteiger charge is -2.03. The van der Waals surface area contributed by atoms with Gasteiger partial charge in [-0.25, -0.2) is 15.0 Å². The van der Waals surface area contributed by atoms with E-state index in [0.29, 0.717) is 23.7 Å². The summed E-state index contributed by atoms with van der Waals surface area (Å²) in [5, 5.41) is 12.9. The van der Waals surface area contributed by atoms with Gasteiger partial charge in [0.15, 0.2) is 11.4 Å². The van der Waals surface area contributed by atoms with E-state index in [2.05, 4.69) is 20.3 Å². The molecular formula is C18H16N4O2. The average Bonchev–Trinajstić information content (AvgIpc) is 3.00. The second-order valence-corrected chi connectivity index (χ2v) is 5.52. The standard InChI is InChI=1S/C18H16N4O2/c1-11-9-13(12-5-3-2-4-6-12)22-18-14(11)15-16(24-18)17(19-7-8-23)21-10-20-15/h2-6,9-10,23H,7-8H2,1H3,(H,19,20,21). The van der Waals surface area contributed by atoms with Crippen LogP contribution in [0.4, 0.5) is 5.82 Å². The summed E-state index contributed by atoms with van der Waals surface area (Å²) in [4.78, 5) is 13.2. The molecule has 120 valence electrons. The van der Waals surface area contributed by atoms with Crippen LogP contribution in [0.3, 0.4) is 0 Å². The number of anilines is 1. The Morgan fingerprint density at radius 2 is 2.00 bits per heavy atom. The van der Waals surface area contributed by atoms with Crippen LogP contribution in [-0.4, -0.2) is 33.2 Å². The molecule has 0 fully saturated rings. The molecule has 0 aliphatic rings. The highest BCUT2D eigenvalue weighted by Crippen LogP contribution is 2.33. The number of rotatable bonds is 4. The van der Waals surface area contributed by atoms with E-state index in [-0.39, 0.29) is 6.61 Å². The highest BCUT2D eigenvalue weighted by atomic mass is 16.3. The van der Waals surface area contributed by atoms with Crippen molar-refractivity contribution < 1.29 is 9.52 Å². The Bertz CT molecular complexity index is 1010. The molecule has 2 N–H and O–H groups in total. The zero-order valence-electron chi connectivity index (χ0n) is 13.2. The van der Waals surface area contributed by atoms with Crippen LogP contribution in [0.1, 0.15) is 5.56 Å². The van der Waals surface area contributed by atoms with Crippen molar-refractivity contribution in [2.75, 3.05) is 18.5 Å². The van der Waals surface area contributed by atoms with Gasteiger partial charge in [0.2, 0.25) is 5.71 Å². The maximum atomic E-state index is 9.00. The van der Waals surface area contributed by atoms with Crippen LogP contribution < -0.4 is 5.32 Å². The number of benzene rings is 1. The lowest BCUT2D eigenvalue weighted by Crippen LogP contribution is -2.07. The second kappa shape index (κ2) is 5.90. The van der Waals surface area contributed by atoms with E-state index in [1.807, 2.05) is 43.3 Å². The number of aliphatic hydroxyl groups is 1. The molecule has 0 radical (unpaired) electrons. The molecule has 6 nitrogen and oxygen atoms in total. The minimum Gasteiger partial charge on any atom is -0.432 e. The molecule has 3 aromatic heterocycles. The van der Waals surface area contributed by atoms with Crippen molar-refractivity contribution in [1.29, 1.82) is 0 Å². The summed E-state index contributed by atoms with van der Waals surface area (Å²) in [6, 6.07) is 12.0. The maximum Gasteiger partial charge on any atom is 0.230 e. The maximum absolute atomic E-state index is 9.00. The summed E-state index contributed by atoms with van der Waals surface area (Å²) in [5.41, 5.74) is 4.76. The van der Waals surface area contributed by atoms with Gasteiger partial charge in [-0.3, -0.25) is 0 Å². The molecule has 3 heterocycles. The van der Waals surface area contributed by atoms with Gasteiger partial charge >= 0.3 is 0 Å². The first-order valence-electron chi connectivity index (χ1n) is 7.73. The lowest BCUT2D eigenvalue weighted by molar-refractivity contribution is 0.311. The van der Waals surface area contributed by atoms with E-state index in [0.717, 1.165) is 27.7 Å². The van der Waals surface area contributed by atoms with E-state index in [9.17, 15) is 0 Å². The predicted molar refractivity (Wildman–Crippen MR) is 92.9 cm³/mol. The molecule has 4 aromatic rings. The molecule has 0 bridgehead atoms. The van der Waals surface area contributed by atoms with Crippen LogP contribution in [-0.2, 0) is 0 Å². The zero-order chi connectivity index (χ0) is 16.5. The zero-order valence-corrected chi connectivity index (χ0v) is 13.2. The number of aromatic nitrogens is 3. The first-order valence-corrected chi connectivity index (χ1v) is 7.73. The molecule has 1 aromatic carbocycles. The molecule has 4 rings (SSSR count). The van der Waals surface area contributed by atoms with Crippen LogP contribution >= 0.6 is 0 Å². The predicted octanol–water partition coefficient (Wildman–Crippen LogP) is 3.15. The molecule has 0 amide bonds. The Morgan fingerprint density at radius 3 is 2.79 bits per heavy atom. The minimum atomic E-state index is 0.0150. The summed E-state index contributed by atoms with van der Waals surface area (Å²) >= 11 is 0. The fourth-order valence-corrected chi connectivity index (χ4v) is 2.81. The van der Waals surface area contributed by atoms with Crippen molar-refractivity contribution in [2.24, 2.45) is 0 Å². The molecule has 0 unspecified atom stereocenters. The summed E-state index contributed by atoms with van der Waals surface area (Å²) in [5.74, 6) is 0.563. The molecule has 0 aliphatic carbocycles. The summed E-state index contributed by atoms with van der Waals surface area (Å²) in [7, 11) is 0. The number of hydrogen-bond donors (Lipinski definition) is 2. The number of furan rings is 1. The number of aliphatic hydroxyl groups excluding tert-OH is 1. The number of aryl methyl sites for hydroxylation is 1. The normalized spacial score (nSPS) is 11.2. The highest BCUT2D eigenvalue weighted by Gasteiger charge is 2.17. The fourth-order valence-electron chi connectivity index (χ4n) is 2.81.